The SMILES string of the molecule is CCNC(=S)N1C[C@@H](C(=O)NCCC(C)C)[C@H](c2ccc(OC)cc2)C1. The van der Waals surface area contributed by atoms with Crippen LogP contribution in [0.1, 0.15) is 38.7 Å². The normalized spacial score (nSPS) is 19.5. The maximum Gasteiger partial charge on any atom is 0.225 e. The molecule has 2 rings (SSSR count). The van der Waals surface area contributed by atoms with E-state index >= 15 is 0 Å². The fourth-order valence-electron chi connectivity index (χ4n) is 3.30. The number of carbonyl (C=O) groups excluding carboxylic acids is 1. The molecule has 0 saturated carbocycles. The number of likely N-dealkylation sites (tertiary alicyclic amines) is 1. The summed E-state index contributed by atoms with van der Waals surface area (Å²) in [6, 6.07) is 8.01. The molecule has 0 aliphatic carbocycles. The van der Waals surface area contributed by atoms with Crippen LogP contribution in [0.15, 0.2) is 24.3 Å². The maximum atomic E-state index is 12.8. The van der Waals surface area contributed by atoms with Gasteiger partial charge in [0.05, 0.1) is 13.0 Å². The predicted molar refractivity (Wildman–Crippen MR) is 110 cm³/mol. The first-order valence-corrected chi connectivity index (χ1v) is 9.81. The number of rotatable bonds is 7. The Bertz CT molecular complexity index is 604. The van der Waals surface area contributed by atoms with Crippen molar-refractivity contribution in [3.8, 4) is 5.75 Å². The van der Waals surface area contributed by atoms with Crippen LogP contribution >= 0.6 is 12.2 Å². The molecule has 0 unspecified atom stereocenters. The first-order valence-electron chi connectivity index (χ1n) is 9.40. The molecule has 0 spiro atoms. The van der Waals surface area contributed by atoms with Crippen LogP contribution in [0.2, 0.25) is 0 Å². The molecule has 6 heteroatoms. The van der Waals surface area contributed by atoms with Gasteiger partial charge in [-0.15, -0.1) is 0 Å². The Labute approximate surface area is 162 Å². The van der Waals surface area contributed by atoms with Gasteiger partial charge in [-0.05, 0) is 49.2 Å². The minimum Gasteiger partial charge on any atom is -0.497 e. The summed E-state index contributed by atoms with van der Waals surface area (Å²) in [7, 11) is 1.66. The van der Waals surface area contributed by atoms with E-state index in [1.807, 2.05) is 19.1 Å². The average molecular weight is 378 g/mol. The molecule has 1 aliphatic heterocycles. The van der Waals surface area contributed by atoms with Gasteiger partial charge in [0.15, 0.2) is 5.11 Å². The first-order chi connectivity index (χ1) is 12.5. The van der Waals surface area contributed by atoms with Gasteiger partial charge in [0.25, 0.3) is 0 Å². The molecule has 1 aromatic carbocycles. The lowest BCUT2D eigenvalue weighted by Crippen LogP contribution is -2.40. The maximum absolute atomic E-state index is 12.8. The molecule has 1 heterocycles. The van der Waals surface area contributed by atoms with Crippen molar-refractivity contribution in [2.75, 3.05) is 33.3 Å². The second kappa shape index (κ2) is 9.76. The van der Waals surface area contributed by atoms with Crippen LogP contribution in [0.3, 0.4) is 0 Å². The summed E-state index contributed by atoms with van der Waals surface area (Å²) >= 11 is 5.48. The van der Waals surface area contributed by atoms with Gasteiger partial charge in [-0.3, -0.25) is 4.79 Å². The summed E-state index contributed by atoms with van der Waals surface area (Å²) in [5.41, 5.74) is 1.15. The molecule has 2 atom stereocenters. The summed E-state index contributed by atoms with van der Waals surface area (Å²) in [6.45, 7) is 9.26. The van der Waals surface area contributed by atoms with Gasteiger partial charge in [0.2, 0.25) is 5.91 Å². The van der Waals surface area contributed by atoms with Crippen molar-refractivity contribution in [3.05, 3.63) is 29.8 Å². The molecule has 0 radical (unpaired) electrons. The number of nitrogens with one attached hydrogen (secondary N) is 2. The Kier molecular flexibility index (Phi) is 7.69. The van der Waals surface area contributed by atoms with Crippen molar-refractivity contribution in [2.45, 2.75) is 33.1 Å². The van der Waals surface area contributed by atoms with Crippen LogP contribution in [0.4, 0.5) is 0 Å². The van der Waals surface area contributed by atoms with E-state index in [1.54, 1.807) is 7.11 Å². The number of carbonyl (C=O) groups is 1. The lowest BCUT2D eigenvalue weighted by molar-refractivity contribution is -0.124. The van der Waals surface area contributed by atoms with Crippen LogP contribution in [-0.2, 0) is 4.79 Å². The smallest absolute Gasteiger partial charge is 0.225 e. The second-order valence-corrected chi connectivity index (χ2v) is 7.59. The van der Waals surface area contributed by atoms with Crippen LogP contribution < -0.4 is 15.4 Å². The van der Waals surface area contributed by atoms with E-state index in [-0.39, 0.29) is 17.7 Å². The summed E-state index contributed by atoms with van der Waals surface area (Å²) in [5, 5.41) is 7.04. The topological polar surface area (TPSA) is 53.6 Å². The minimum atomic E-state index is -0.104. The zero-order valence-electron chi connectivity index (χ0n) is 16.2. The zero-order valence-corrected chi connectivity index (χ0v) is 17.1. The highest BCUT2D eigenvalue weighted by molar-refractivity contribution is 7.80. The summed E-state index contributed by atoms with van der Waals surface area (Å²) in [5.74, 6) is 1.54. The number of benzene rings is 1. The monoisotopic (exact) mass is 377 g/mol. The molecular weight excluding hydrogens is 346 g/mol. The summed E-state index contributed by atoms with van der Waals surface area (Å²) in [6.07, 6.45) is 0.991. The van der Waals surface area contributed by atoms with Crippen molar-refractivity contribution in [1.29, 1.82) is 0 Å². The van der Waals surface area contributed by atoms with Crippen LogP contribution in [0.25, 0.3) is 0 Å². The Balaban J connectivity index is 2.13. The Morgan fingerprint density at radius 1 is 1.27 bits per heavy atom. The number of hydrogen-bond acceptors (Lipinski definition) is 3. The summed E-state index contributed by atoms with van der Waals surface area (Å²) in [4.78, 5) is 14.9. The molecule has 1 aliphatic rings. The van der Waals surface area contributed by atoms with Gasteiger partial charge in [-0.1, -0.05) is 26.0 Å². The molecule has 0 aromatic heterocycles. The van der Waals surface area contributed by atoms with Crippen molar-refractivity contribution in [2.24, 2.45) is 11.8 Å². The van der Waals surface area contributed by atoms with Crippen LogP contribution in [0, 0.1) is 11.8 Å². The predicted octanol–water partition coefficient (Wildman–Crippen LogP) is 2.77. The van der Waals surface area contributed by atoms with E-state index in [0.717, 1.165) is 42.5 Å². The zero-order chi connectivity index (χ0) is 19.1. The Hall–Kier alpha value is -1.82. The third-order valence-corrected chi connectivity index (χ3v) is 5.24. The molecule has 1 saturated heterocycles. The first kappa shape index (κ1) is 20.5. The molecule has 1 aromatic rings. The van der Waals surface area contributed by atoms with Gasteiger partial charge in [0.1, 0.15) is 5.75 Å². The third-order valence-electron chi connectivity index (χ3n) is 4.84. The van der Waals surface area contributed by atoms with Crippen molar-refractivity contribution >= 4 is 23.2 Å². The number of methoxy groups -OCH3 is 1. The molecule has 5 nitrogen and oxygen atoms in total. The quantitative estimate of drug-likeness (QED) is 0.716. The van der Waals surface area contributed by atoms with E-state index in [9.17, 15) is 4.79 Å². The van der Waals surface area contributed by atoms with Crippen LogP contribution in [0.5, 0.6) is 5.75 Å². The molecular formula is C20H31N3O2S. The number of thiocarbonyl (C=S) groups is 1. The van der Waals surface area contributed by atoms with E-state index < -0.39 is 0 Å². The molecule has 144 valence electrons. The summed E-state index contributed by atoms with van der Waals surface area (Å²) < 4.78 is 5.25. The van der Waals surface area contributed by atoms with Gasteiger partial charge in [-0.2, -0.15) is 0 Å². The molecule has 26 heavy (non-hydrogen) atoms. The number of hydrogen-bond donors (Lipinski definition) is 2. The number of ether oxygens (including phenoxy) is 1. The largest absolute Gasteiger partial charge is 0.497 e. The highest BCUT2D eigenvalue weighted by Gasteiger charge is 2.39. The lowest BCUT2D eigenvalue weighted by atomic mass is 9.88. The Morgan fingerprint density at radius 3 is 2.54 bits per heavy atom. The minimum absolute atomic E-state index is 0.104. The number of amides is 1. The van der Waals surface area contributed by atoms with E-state index in [0.29, 0.717) is 12.5 Å². The standard InChI is InChI=1S/C20H31N3O2S/c1-5-21-20(26)23-12-17(15-6-8-16(25-4)9-7-15)18(13-23)19(24)22-11-10-14(2)3/h6-9,14,17-18H,5,10-13H2,1-4H3,(H,21,26)(H,22,24)/t17-,18+/m0/s1. The number of nitrogens with zero attached hydrogens (tertiary/aromatic N) is 1. The van der Waals surface area contributed by atoms with Gasteiger partial charge < -0.3 is 20.3 Å². The lowest BCUT2D eigenvalue weighted by Gasteiger charge is -2.19. The van der Waals surface area contributed by atoms with Crippen molar-refractivity contribution < 1.29 is 9.53 Å². The highest BCUT2D eigenvalue weighted by Crippen LogP contribution is 2.33. The fourth-order valence-corrected chi connectivity index (χ4v) is 3.60. The van der Waals surface area contributed by atoms with Gasteiger partial charge >= 0.3 is 0 Å². The molecule has 1 fully saturated rings. The van der Waals surface area contributed by atoms with Gasteiger partial charge in [0, 0.05) is 32.1 Å². The molecule has 0 bridgehead atoms. The fraction of sp³-hybridized carbons (Fsp3) is 0.600. The van der Waals surface area contributed by atoms with E-state index in [2.05, 4.69) is 41.5 Å². The molecule has 1 amide bonds. The molecule has 2 N–H and O–H groups in total. The highest BCUT2D eigenvalue weighted by atomic mass is 32.1. The Morgan fingerprint density at radius 2 is 1.96 bits per heavy atom. The van der Waals surface area contributed by atoms with E-state index in [4.69, 9.17) is 17.0 Å². The van der Waals surface area contributed by atoms with E-state index in [1.165, 1.54) is 0 Å². The van der Waals surface area contributed by atoms with Crippen molar-refractivity contribution in [1.82, 2.24) is 15.5 Å². The average Bonchev–Trinajstić information content (AvgIpc) is 3.07. The van der Waals surface area contributed by atoms with Crippen molar-refractivity contribution in [3.63, 3.8) is 0 Å². The third kappa shape index (κ3) is 5.34. The van der Waals surface area contributed by atoms with Crippen LogP contribution in [-0.4, -0.2) is 49.2 Å². The van der Waals surface area contributed by atoms with Gasteiger partial charge in [-0.25, -0.2) is 0 Å². The second-order valence-electron chi connectivity index (χ2n) is 7.20.